The van der Waals surface area contributed by atoms with Crippen molar-refractivity contribution in [1.29, 1.82) is 0 Å². The maximum Gasteiger partial charge on any atom is 0.124 e. The zero-order valence-corrected chi connectivity index (χ0v) is 20.6. The van der Waals surface area contributed by atoms with Crippen LogP contribution in [0.5, 0.6) is 0 Å². The van der Waals surface area contributed by atoms with Gasteiger partial charge in [0.25, 0.3) is 0 Å². The predicted octanol–water partition coefficient (Wildman–Crippen LogP) is 4.79. The Morgan fingerprint density at radius 2 is 2.08 bits per heavy atom. The first-order valence-corrected chi connectivity index (χ1v) is 12.5. The molecule has 188 valence electrons. The van der Waals surface area contributed by atoms with Crippen LogP contribution in [0.2, 0.25) is 0 Å². The summed E-state index contributed by atoms with van der Waals surface area (Å²) in [5.74, 6) is -0.262. The Kier molecular flexibility index (Phi) is 6.28. The van der Waals surface area contributed by atoms with Gasteiger partial charge in [0.05, 0.1) is 47.6 Å². The predicted molar refractivity (Wildman–Crippen MR) is 143 cm³/mol. The number of nitrogens with one attached hydrogen (secondary N) is 1. The average molecular weight is 498 g/mol. The summed E-state index contributed by atoms with van der Waals surface area (Å²) in [6.45, 7) is 5.10. The van der Waals surface area contributed by atoms with Crippen molar-refractivity contribution < 1.29 is 14.3 Å². The maximum absolute atomic E-state index is 14.5. The number of rotatable bonds is 4. The SMILES string of the molecule is Cc1cc(F)cc(-c2cnc3ccc(-c4cccc(/C=N\O)n4)cc3c2N2CC[C@H]3OCCN[C@@H]3C2)c1. The number of fused-ring (bicyclic) bond motifs is 2. The van der Waals surface area contributed by atoms with Crippen LogP contribution in [0.4, 0.5) is 10.1 Å². The van der Waals surface area contributed by atoms with E-state index in [9.17, 15) is 4.39 Å². The first kappa shape index (κ1) is 23.5. The molecular formula is C29H28FN5O2. The topological polar surface area (TPSA) is 82.9 Å². The van der Waals surface area contributed by atoms with Crippen LogP contribution in [-0.4, -0.2) is 59.8 Å². The second-order valence-electron chi connectivity index (χ2n) is 9.67. The number of hydrogen-bond donors (Lipinski definition) is 2. The van der Waals surface area contributed by atoms with Gasteiger partial charge in [0.2, 0.25) is 0 Å². The molecule has 0 bridgehead atoms. The van der Waals surface area contributed by atoms with Crippen molar-refractivity contribution in [1.82, 2.24) is 15.3 Å². The molecule has 2 saturated heterocycles. The molecule has 0 saturated carbocycles. The molecule has 8 heteroatoms. The van der Waals surface area contributed by atoms with E-state index in [1.54, 1.807) is 18.2 Å². The second kappa shape index (κ2) is 9.88. The third-order valence-electron chi connectivity index (χ3n) is 7.16. The van der Waals surface area contributed by atoms with Crippen LogP contribution in [-0.2, 0) is 4.74 Å². The number of nitrogens with zero attached hydrogens (tertiary/aromatic N) is 4. The van der Waals surface area contributed by atoms with Crippen molar-refractivity contribution in [2.45, 2.75) is 25.5 Å². The summed E-state index contributed by atoms with van der Waals surface area (Å²) < 4.78 is 20.5. The molecule has 0 radical (unpaired) electrons. The highest BCUT2D eigenvalue weighted by atomic mass is 19.1. The number of halogens is 1. The number of oxime groups is 1. The standard InChI is InChI=1S/C29H28FN5O2/c1-18-11-20(13-21(30)12-18)24-16-32-26-6-5-19(25-4-2-3-22(34-25)15-33-36)14-23(26)29(24)35-9-7-28-27(17-35)31-8-10-37-28/h2-6,11-16,27-28,31,36H,7-10,17H2,1H3/b33-15-/t27-,28-/m1/s1. The molecule has 2 aromatic carbocycles. The maximum atomic E-state index is 14.5. The lowest BCUT2D eigenvalue weighted by atomic mass is 9.95. The van der Waals surface area contributed by atoms with E-state index in [4.69, 9.17) is 14.9 Å². The van der Waals surface area contributed by atoms with E-state index in [1.165, 1.54) is 6.21 Å². The van der Waals surface area contributed by atoms with Crippen molar-refractivity contribution in [3.8, 4) is 22.4 Å². The van der Waals surface area contributed by atoms with Crippen LogP contribution >= 0.6 is 0 Å². The van der Waals surface area contributed by atoms with E-state index in [1.807, 2.05) is 43.5 Å². The van der Waals surface area contributed by atoms with Gasteiger partial charge in [0.15, 0.2) is 0 Å². The van der Waals surface area contributed by atoms with Crippen LogP contribution in [0.25, 0.3) is 33.3 Å². The summed E-state index contributed by atoms with van der Waals surface area (Å²) >= 11 is 0. The summed E-state index contributed by atoms with van der Waals surface area (Å²) in [5, 5.41) is 16.6. The molecule has 0 unspecified atom stereocenters. The van der Waals surface area contributed by atoms with Crippen LogP contribution in [0, 0.1) is 12.7 Å². The minimum Gasteiger partial charge on any atom is -0.411 e. The first-order chi connectivity index (χ1) is 18.1. The zero-order chi connectivity index (χ0) is 25.4. The fourth-order valence-corrected chi connectivity index (χ4v) is 5.51. The lowest BCUT2D eigenvalue weighted by Gasteiger charge is -2.43. The molecule has 0 spiro atoms. The molecule has 2 aromatic heterocycles. The molecule has 0 amide bonds. The molecule has 2 aliphatic heterocycles. The van der Waals surface area contributed by atoms with Crippen LogP contribution in [0.15, 0.2) is 65.9 Å². The Labute approximate surface area is 214 Å². The number of anilines is 1. The van der Waals surface area contributed by atoms with E-state index in [0.717, 1.165) is 77.2 Å². The third kappa shape index (κ3) is 4.65. The monoisotopic (exact) mass is 497 g/mol. The Hall–Kier alpha value is -3.88. The molecule has 2 aliphatic rings. The Bertz CT molecular complexity index is 1470. The highest BCUT2D eigenvalue weighted by molar-refractivity contribution is 6.01. The number of aryl methyl sites for hydroxylation is 1. The number of ether oxygens (including phenoxy) is 1. The fraction of sp³-hybridized carbons (Fsp3) is 0.276. The van der Waals surface area contributed by atoms with Crippen molar-refractivity contribution >= 4 is 22.8 Å². The quantitative estimate of drug-likeness (QED) is 0.240. The smallest absolute Gasteiger partial charge is 0.124 e. The lowest BCUT2D eigenvalue weighted by molar-refractivity contribution is -0.0134. The van der Waals surface area contributed by atoms with Crippen molar-refractivity contribution in [2.24, 2.45) is 5.16 Å². The second-order valence-corrected chi connectivity index (χ2v) is 9.67. The minimum absolute atomic E-state index is 0.202. The van der Waals surface area contributed by atoms with E-state index in [0.29, 0.717) is 5.69 Å². The Morgan fingerprint density at radius 3 is 2.95 bits per heavy atom. The van der Waals surface area contributed by atoms with Gasteiger partial charge >= 0.3 is 0 Å². The molecular weight excluding hydrogens is 469 g/mol. The molecule has 4 aromatic rings. The van der Waals surface area contributed by atoms with Crippen molar-refractivity contribution in [3.63, 3.8) is 0 Å². The summed E-state index contributed by atoms with van der Waals surface area (Å²) in [6, 6.07) is 17.0. The number of morpholine rings is 1. The van der Waals surface area contributed by atoms with Gasteiger partial charge in [-0.15, -0.1) is 0 Å². The number of hydrogen-bond acceptors (Lipinski definition) is 7. The number of pyridine rings is 2. The molecule has 4 heterocycles. The zero-order valence-electron chi connectivity index (χ0n) is 20.6. The number of piperidine rings is 1. The van der Waals surface area contributed by atoms with Gasteiger partial charge in [-0.3, -0.25) is 4.98 Å². The Balaban J connectivity index is 1.53. The van der Waals surface area contributed by atoms with Crippen molar-refractivity contribution in [3.05, 3.63) is 77.9 Å². The number of benzene rings is 2. The van der Waals surface area contributed by atoms with Gasteiger partial charge in [-0.05, 0) is 60.9 Å². The summed E-state index contributed by atoms with van der Waals surface area (Å²) in [4.78, 5) is 11.8. The molecule has 2 atom stereocenters. The van der Waals surface area contributed by atoms with Gasteiger partial charge < -0.3 is 20.2 Å². The highest BCUT2D eigenvalue weighted by Gasteiger charge is 2.33. The van der Waals surface area contributed by atoms with Gasteiger partial charge in [0.1, 0.15) is 5.82 Å². The Morgan fingerprint density at radius 1 is 1.16 bits per heavy atom. The van der Waals surface area contributed by atoms with Gasteiger partial charge in [-0.25, -0.2) is 9.37 Å². The minimum atomic E-state index is -0.262. The highest BCUT2D eigenvalue weighted by Crippen LogP contribution is 2.40. The van der Waals surface area contributed by atoms with E-state index < -0.39 is 0 Å². The summed E-state index contributed by atoms with van der Waals surface area (Å²) in [6.07, 6.45) is 4.28. The molecule has 6 rings (SSSR count). The molecule has 37 heavy (non-hydrogen) atoms. The van der Waals surface area contributed by atoms with Crippen LogP contribution in [0.1, 0.15) is 17.7 Å². The molecule has 7 nitrogen and oxygen atoms in total. The first-order valence-electron chi connectivity index (χ1n) is 12.5. The van der Waals surface area contributed by atoms with E-state index in [-0.39, 0.29) is 18.0 Å². The average Bonchev–Trinajstić information content (AvgIpc) is 2.91. The van der Waals surface area contributed by atoms with E-state index >= 15 is 0 Å². The van der Waals surface area contributed by atoms with Gasteiger partial charge in [-0.1, -0.05) is 23.4 Å². The lowest BCUT2D eigenvalue weighted by Crippen LogP contribution is -2.58. The molecule has 2 N–H and O–H groups in total. The third-order valence-corrected chi connectivity index (χ3v) is 7.16. The van der Waals surface area contributed by atoms with Gasteiger partial charge in [-0.2, -0.15) is 0 Å². The van der Waals surface area contributed by atoms with Crippen LogP contribution < -0.4 is 10.2 Å². The van der Waals surface area contributed by atoms with E-state index in [2.05, 4.69) is 26.4 Å². The number of aromatic nitrogens is 2. The molecule has 0 aliphatic carbocycles. The van der Waals surface area contributed by atoms with Crippen molar-refractivity contribution in [2.75, 3.05) is 31.1 Å². The summed E-state index contributed by atoms with van der Waals surface area (Å²) in [5.41, 5.74) is 6.71. The van der Waals surface area contributed by atoms with Crippen LogP contribution in [0.3, 0.4) is 0 Å². The fourth-order valence-electron chi connectivity index (χ4n) is 5.51. The largest absolute Gasteiger partial charge is 0.411 e. The summed E-state index contributed by atoms with van der Waals surface area (Å²) in [7, 11) is 0. The van der Waals surface area contributed by atoms with Gasteiger partial charge in [0, 0.05) is 42.3 Å². The molecule has 2 fully saturated rings. The normalized spacial score (nSPS) is 19.9.